The lowest BCUT2D eigenvalue weighted by Crippen LogP contribution is -2.29. The number of hydrogen-bond acceptors (Lipinski definition) is 4. The Bertz CT molecular complexity index is 443. The number of hydrogen-bond donors (Lipinski definition) is 2. The number of anilines is 2. The van der Waals surface area contributed by atoms with Gasteiger partial charge in [0.1, 0.15) is 5.69 Å². The number of carbonyl (C=O) groups is 1. The minimum Gasteiger partial charge on any atom is -0.396 e. The molecule has 0 aromatic carbocycles. The van der Waals surface area contributed by atoms with E-state index in [2.05, 4.69) is 16.8 Å². The fourth-order valence-electron chi connectivity index (χ4n) is 2.02. The van der Waals surface area contributed by atoms with E-state index < -0.39 is 5.91 Å². The number of carbonyl (C=O) groups excluding carboxylic acids is 1. The molecule has 2 rings (SSSR count). The monoisotopic (exact) mass is 248 g/mol. The molecule has 5 nitrogen and oxygen atoms in total. The van der Waals surface area contributed by atoms with Crippen LogP contribution >= 0.6 is 0 Å². The van der Waals surface area contributed by atoms with Crippen molar-refractivity contribution in [3.05, 3.63) is 17.8 Å². The van der Waals surface area contributed by atoms with Crippen LogP contribution < -0.4 is 16.4 Å². The molecule has 1 fully saturated rings. The van der Waals surface area contributed by atoms with Crippen LogP contribution in [-0.4, -0.2) is 24.0 Å². The van der Waals surface area contributed by atoms with Crippen molar-refractivity contribution in [2.45, 2.75) is 26.2 Å². The van der Waals surface area contributed by atoms with Gasteiger partial charge in [-0.05, 0) is 37.3 Å². The summed E-state index contributed by atoms with van der Waals surface area (Å²) >= 11 is 0. The van der Waals surface area contributed by atoms with Crippen molar-refractivity contribution < 1.29 is 4.79 Å². The molecule has 1 aromatic rings. The van der Waals surface area contributed by atoms with Gasteiger partial charge in [-0.3, -0.25) is 4.79 Å². The Balaban J connectivity index is 2.25. The smallest absolute Gasteiger partial charge is 0.267 e. The van der Waals surface area contributed by atoms with Crippen LogP contribution in [0.3, 0.4) is 0 Å². The van der Waals surface area contributed by atoms with Gasteiger partial charge in [-0.2, -0.15) is 0 Å². The van der Waals surface area contributed by atoms with Crippen LogP contribution in [-0.2, 0) is 0 Å². The molecule has 18 heavy (non-hydrogen) atoms. The van der Waals surface area contributed by atoms with E-state index in [9.17, 15) is 4.79 Å². The molecule has 1 aliphatic rings. The number of amides is 1. The van der Waals surface area contributed by atoms with E-state index in [4.69, 9.17) is 11.5 Å². The molecule has 1 heterocycles. The Morgan fingerprint density at radius 3 is 2.78 bits per heavy atom. The van der Waals surface area contributed by atoms with Gasteiger partial charge in [0.15, 0.2) is 5.82 Å². The number of pyridine rings is 1. The van der Waals surface area contributed by atoms with Crippen molar-refractivity contribution in [2.24, 2.45) is 11.7 Å². The van der Waals surface area contributed by atoms with Crippen molar-refractivity contribution in [3.8, 4) is 0 Å². The standard InChI is InChI=1S/C13H20N4O/c1-2-7-17(8-9-3-4-9)13-10(14)5-6-11(16-13)12(15)18/h5-6,9H,2-4,7-8,14H2,1H3,(H2,15,18). The summed E-state index contributed by atoms with van der Waals surface area (Å²) in [5, 5.41) is 0. The van der Waals surface area contributed by atoms with E-state index in [1.54, 1.807) is 12.1 Å². The quantitative estimate of drug-likeness (QED) is 0.796. The first-order valence-electron chi connectivity index (χ1n) is 6.43. The molecule has 1 saturated carbocycles. The van der Waals surface area contributed by atoms with Crippen LogP contribution in [0.15, 0.2) is 12.1 Å². The van der Waals surface area contributed by atoms with Gasteiger partial charge >= 0.3 is 0 Å². The number of primary amides is 1. The number of aromatic nitrogens is 1. The van der Waals surface area contributed by atoms with Gasteiger partial charge in [0.05, 0.1) is 5.69 Å². The molecule has 0 aliphatic heterocycles. The summed E-state index contributed by atoms with van der Waals surface area (Å²) in [6.45, 7) is 3.98. The summed E-state index contributed by atoms with van der Waals surface area (Å²) in [5.41, 5.74) is 12.1. The van der Waals surface area contributed by atoms with Crippen LogP contribution in [0.25, 0.3) is 0 Å². The van der Waals surface area contributed by atoms with E-state index in [1.807, 2.05) is 0 Å². The number of nitrogen functional groups attached to an aromatic ring is 1. The Morgan fingerprint density at radius 1 is 1.50 bits per heavy atom. The summed E-state index contributed by atoms with van der Waals surface area (Å²) < 4.78 is 0. The first kappa shape index (κ1) is 12.7. The highest BCUT2D eigenvalue weighted by Crippen LogP contribution is 2.32. The summed E-state index contributed by atoms with van der Waals surface area (Å²) in [4.78, 5) is 17.6. The second-order valence-corrected chi connectivity index (χ2v) is 4.86. The number of rotatable bonds is 6. The largest absolute Gasteiger partial charge is 0.396 e. The van der Waals surface area contributed by atoms with Crippen LogP contribution in [0.1, 0.15) is 36.7 Å². The molecule has 0 saturated heterocycles. The molecule has 0 bridgehead atoms. The SMILES string of the molecule is CCCN(CC1CC1)c1nc(C(N)=O)ccc1N. The van der Waals surface area contributed by atoms with E-state index in [0.29, 0.717) is 11.5 Å². The molecule has 0 unspecified atom stereocenters. The van der Waals surface area contributed by atoms with Gasteiger partial charge in [0.25, 0.3) is 5.91 Å². The molecule has 0 radical (unpaired) electrons. The third-order valence-corrected chi connectivity index (χ3v) is 3.13. The maximum Gasteiger partial charge on any atom is 0.267 e. The Labute approximate surface area is 107 Å². The Morgan fingerprint density at radius 2 is 2.22 bits per heavy atom. The van der Waals surface area contributed by atoms with Gasteiger partial charge in [0.2, 0.25) is 0 Å². The highest BCUT2D eigenvalue weighted by atomic mass is 16.1. The second-order valence-electron chi connectivity index (χ2n) is 4.86. The van der Waals surface area contributed by atoms with E-state index in [1.165, 1.54) is 12.8 Å². The third-order valence-electron chi connectivity index (χ3n) is 3.13. The fourth-order valence-corrected chi connectivity index (χ4v) is 2.02. The molecule has 1 aromatic heterocycles. The second kappa shape index (κ2) is 5.25. The first-order chi connectivity index (χ1) is 8.61. The normalized spacial score (nSPS) is 14.5. The number of nitrogens with two attached hydrogens (primary N) is 2. The molecule has 1 amide bonds. The van der Waals surface area contributed by atoms with Gasteiger partial charge in [-0.1, -0.05) is 6.92 Å². The van der Waals surface area contributed by atoms with Gasteiger partial charge in [-0.25, -0.2) is 4.98 Å². The van der Waals surface area contributed by atoms with Crippen molar-refractivity contribution in [3.63, 3.8) is 0 Å². The van der Waals surface area contributed by atoms with Gasteiger partial charge in [-0.15, -0.1) is 0 Å². The van der Waals surface area contributed by atoms with Gasteiger partial charge in [0, 0.05) is 13.1 Å². The molecule has 98 valence electrons. The molecule has 5 heteroatoms. The highest BCUT2D eigenvalue weighted by molar-refractivity contribution is 5.91. The topological polar surface area (TPSA) is 85.2 Å². The average Bonchev–Trinajstić information content (AvgIpc) is 3.13. The van der Waals surface area contributed by atoms with Crippen LogP contribution in [0.4, 0.5) is 11.5 Å². The average molecular weight is 248 g/mol. The first-order valence-corrected chi connectivity index (χ1v) is 6.43. The fraction of sp³-hybridized carbons (Fsp3) is 0.538. The molecule has 1 aliphatic carbocycles. The molecule has 0 spiro atoms. The molecular formula is C13H20N4O. The predicted molar refractivity (Wildman–Crippen MR) is 72.4 cm³/mol. The molecule has 4 N–H and O–H groups in total. The lowest BCUT2D eigenvalue weighted by molar-refractivity contribution is 0.0995. The Kier molecular flexibility index (Phi) is 3.69. The maximum absolute atomic E-state index is 11.2. The zero-order valence-electron chi connectivity index (χ0n) is 10.7. The molecular weight excluding hydrogens is 228 g/mol. The summed E-state index contributed by atoms with van der Waals surface area (Å²) in [6, 6.07) is 3.28. The lowest BCUT2D eigenvalue weighted by atomic mass is 10.2. The lowest BCUT2D eigenvalue weighted by Gasteiger charge is -2.24. The third kappa shape index (κ3) is 2.91. The minimum absolute atomic E-state index is 0.274. The van der Waals surface area contributed by atoms with Crippen LogP contribution in [0.2, 0.25) is 0 Å². The van der Waals surface area contributed by atoms with E-state index in [-0.39, 0.29) is 5.69 Å². The molecule has 0 atom stereocenters. The zero-order chi connectivity index (χ0) is 13.1. The number of nitrogens with zero attached hydrogens (tertiary/aromatic N) is 2. The van der Waals surface area contributed by atoms with Gasteiger partial charge < -0.3 is 16.4 Å². The van der Waals surface area contributed by atoms with E-state index in [0.717, 1.165) is 25.4 Å². The predicted octanol–water partition coefficient (Wildman–Crippen LogP) is 1.39. The minimum atomic E-state index is -0.515. The highest BCUT2D eigenvalue weighted by Gasteiger charge is 2.25. The van der Waals surface area contributed by atoms with E-state index >= 15 is 0 Å². The summed E-state index contributed by atoms with van der Waals surface area (Å²) in [5.74, 6) is 0.925. The van der Waals surface area contributed by atoms with Crippen molar-refractivity contribution in [1.82, 2.24) is 4.98 Å². The van der Waals surface area contributed by atoms with Crippen molar-refractivity contribution >= 4 is 17.4 Å². The van der Waals surface area contributed by atoms with Crippen LogP contribution in [0.5, 0.6) is 0 Å². The summed E-state index contributed by atoms with van der Waals surface area (Å²) in [7, 11) is 0. The maximum atomic E-state index is 11.2. The van der Waals surface area contributed by atoms with Crippen LogP contribution in [0, 0.1) is 5.92 Å². The van der Waals surface area contributed by atoms with Crippen molar-refractivity contribution in [1.29, 1.82) is 0 Å². The summed E-state index contributed by atoms with van der Waals surface area (Å²) in [6.07, 6.45) is 3.57. The zero-order valence-corrected chi connectivity index (χ0v) is 10.7. The Hall–Kier alpha value is -1.78. The van der Waals surface area contributed by atoms with Crippen molar-refractivity contribution in [2.75, 3.05) is 23.7 Å².